The molecule has 0 aliphatic heterocycles. The summed E-state index contributed by atoms with van der Waals surface area (Å²) in [5.74, 6) is -2.04. The van der Waals surface area contributed by atoms with Crippen LogP contribution in [0.25, 0.3) is 22.0 Å². The lowest BCUT2D eigenvalue weighted by Gasteiger charge is -2.14. The van der Waals surface area contributed by atoms with E-state index in [0.717, 1.165) is 9.54 Å². The topological polar surface area (TPSA) is 103 Å². The second kappa shape index (κ2) is 9.52. The summed E-state index contributed by atoms with van der Waals surface area (Å²) in [5.41, 5.74) is 1.36. The minimum atomic E-state index is -4.24. The Morgan fingerprint density at radius 3 is 2.31 bits per heavy atom. The van der Waals surface area contributed by atoms with Crippen molar-refractivity contribution in [2.75, 3.05) is 6.61 Å². The molecule has 2 aromatic carbocycles. The van der Waals surface area contributed by atoms with Gasteiger partial charge in [0.25, 0.3) is 10.0 Å². The number of carbonyl (C=O) groups is 2. The Hall–Kier alpha value is -3.69. The molecule has 2 aromatic heterocycles. The number of aromatic nitrogens is 1. The maximum atomic E-state index is 13.9. The lowest BCUT2D eigenvalue weighted by atomic mass is 9.97. The number of thiophene rings is 1. The number of ether oxygens (including phenoxy) is 1. The molecule has 1 N–H and O–H groups in total. The van der Waals surface area contributed by atoms with E-state index in [1.165, 1.54) is 23.5 Å². The Labute approximate surface area is 207 Å². The van der Waals surface area contributed by atoms with Gasteiger partial charge in [0.15, 0.2) is 5.69 Å². The third-order valence-corrected chi connectivity index (χ3v) is 8.21. The summed E-state index contributed by atoms with van der Waals surface area (Å²) >= 11 is 1.24. The van der Waals surface area contributed by atoms with Crippen LogP contribution in [0.4, 0.5) is 0 Å². The molecule has 0 amide bonds. The molecule has 180 valence electrons. The van der Waals surface area contributed by atoms with Crippen molar-refractivity contribution in [1.82, 2.24) is 3.97 Å². The highest BCUT2D eigenvalue weighted by molar-refractivity contribution is 7.90. The number of aryl methyl sites for hydroxylation is 1. The van der Waals surface area contributed by atoms with Crippen LogP contribution >= 0.6 is 11.3 Å². The quantitative estimate of drug-likeness (QED) is 0.263. The Bertz CT molecular complexity index is 1560. The van der Waals surface area contributed by atoms with Crippen molar-refractivity contribution >= 4 is 55.3 Å². The first kappa shape index (κ1) is 24.4. The number of carboxylic acids is 1. The van der Waals surface area contributed by atoms with Crippen LogP contribution < -0.4 is 0 Å². The van der Waals surface area contributed by atoms with Gasteiger partial charge in [0.1, 0.15) is 0 Å². The van der Waals surface area contributed by atoms with Gasteiger partial charge in [-0.2, -0.15) is 0 Å². The Balaban J connectivity index is 2.17. The third kappa shape index (κ3) is 4.28. The molecule has 4 aromatic rings. The summed E-state index contributed by atoms with van der Waals surface area (Å²) < 4.78 is 34.0. The van der Waals surface area contributed by atoms with Gasteiger partial charge < -0.3 is 9.84 Å². The van der Waals surface area contributed by atoms with E-state index in [1.54, 1.807) is 67.8 Å². The monoisotopic (exact) mass is 509 g/mol. The third-order valence-electron chi connectivity index (χ3n) is 5.59. The van der Waals surface area contributed by atoms with Crippen molar-refractivity contribution in [3.05, 3.63) is 87.7 Å². The molecule has 9 heteroatoms. The van der Waals surface area contributed by atoms with Crippen molar-refractivity contribution in [2.24, 2.45) is 0 Å². The zero-order valence-electron chi connectivity index (χ0n) is 19.3. The van der Waals surface area contributed by atoms with Crippen LogP contribution in [0.15, 0.2) is 70.9 Å². The van der Waals surface area contributed by atoms with Crippen LogP contribution in [0.3, 0.4) is 0 Å². The average molecular weight is 510 g/mol. The van der Waals surface area contributed by atoms with Gasteiger partial charge in [-0.3, -0.25) is 0 Å². The minimum absolute atomic E-state index is 0.000649. The van der Waals surface area contributed by atoms with Gasteiger partial charge in [0, 0.05) is 15.8 Å². The van der Waals surface area contributed by atoms with Crippen LogP contribution in [-0.4, -0.2) is 36.0 Å². The number of allylic oxidation sites excluding steroid dienone is 1. The highest BCUT2D eigenvalue weighted by Crippen LogP contribution is 2.39. The molecule has 35 heavy (non-hydrogen) atoms. The van der Waals surface area contributed by atoms with E-state index >= 15 is 0 Å². The van der Waals surface area contributed by atoms with E-state index < -0.39 is 22.0 Å². The summed E-state index contributed by atoms with van der Waals surface area (Å²) in [6.07, 6.45) is 0. The number of para-hydroxylation sites is 1. The number of esters is 1. The number of hydrogen-bond donors (Lipinski definition) is 1. The van der Waals surface area contributed by atoms with Crippen LogP contribution in [0.2, 0.25) is 0 Å². The highest BCUT2D eigenvalue weighted by atomic mass is 32.2. The molecule has 0 aliphatic rings. The standard InChI is InChI=1S/C26H23NO6S2/c1-4-33-26(30)24-22(17(3)23(25(28)29)21-10-7-15-34-21)19-8-5-6-9-20(19)27(24)35(31,32)18-13-11-16(2)12-14-18/h5-15H,4H2,1-3H3,(H,28,29). The van der Waals surface area contributed by atoms with E-state index in [4.69, 9.17) is 4.74 Å². The summed E-state index contributed by atoms with van der Waals surface area (Å²) in [7, 11) is -4.24. The number of carbonyl (C=O) groups excluding carboxylic acids is 1. The smallest absolute Gasteiger partial charge is 0.356 e. The number of aliphatic carboxylic acids is 1. The van der Waals surface area contributed by atoms with Crippen LogP contribution in [0.5, 0.6) is 0 Å². The lowest BCUT2D eigenvalue weighted by Crippen LogP contribution is -2.21. The van der Waals surface area contributed by atoms with Crippen LogP contribution in [0.1, 0.15) is 40.3 Å². The number of hydrogen-bond acceptors (Lipinski definition) is 6. The number of fused-ring (bicyclic) bond motifs is 1. The molecule has 0 aliphatic carbocycles. The lowest BCUT2D eigenvalue weighted by molar-refractivity contribution is -0.130. The van der Waals surface area contributed by atoms with Gasteiger partial charge in [-0.1, -0.05) is 42.0 Å². The van der Waals surface area contributed by atoms with Gasteiger partial charge >= 0.3 is 11.9 Å². The molecule has 0 radical (unpaired) electrons. The van der Waals surface area contributed by atoms with E-state index in [2.05, 4.69) is 0 Å². The second-order valence-electron chi connectivity index (χ2n) is 7.83. The fourth-order valence-electron chi connectivity index (χ4n) is 4.04. The Morgan fingerprint density at radius 1 is 1.03 bits per heavy atom. The maximum Gasteiger partial charge on any atom is 0.356 e. The normalized spacial score (nSPS) is 12.4. The predicted molar refractivity (Wildman–Crippen MR) is 136 cm³/mol. The highest BCUT2D eigenvalue weighted by Gasteiger charge is 2.33. The molecule has 7 nitrogen and oxygen atoms in total. The van der Waals surface area contributed by atoms with E-state index in [-0.39, 0.29) is 39.4 Å². The molecular weight excluding hydrogens is 486 g/mol. The van der Waals surface area contributed by atoms with Crippen molar-refractivity contribution in [3.63, 3.8) is 0 Å². The molecule has 4 rings (SSSR count). The van der Waals surface area contributed by atoms with Crippen molar-refractivity contribution in [2.45, 2.75) is 25.7 Å². The van der Waals surface area contributed by atoms with Crippen LogP contribution in [-0.2, 0) is 19.6 Å². The maximum absolute atomic E-state index is 13.9. The second-order valence-corrected chi connectivity index (χ2v) is 10.6. The zero-order valence-corrected chi connectivity index (χ0v) is 20.9. The first-order valence-corrected chi connectivity index (χ1v) is 13.1. The number of carboxylic acid groups (broad SMARTS) is 1. The molecule has 0 atom stereocenters. The molecule has 0 unspecified atom stereocenters. The SMILES string of the molecule is CCOC(=O)c1c(C(C)=C(C(=O)O)c2cccs2)c2ccccc2n1S(=O)(=O)c1ccc(C)cc1. The minimum Gasteiger partial charge on any atom is -0.478 e. The fraction of sp³-hybridized carbons (Fsp3) is 0.154. The molecule has 0 fully saturated rings. The van der Waals surface area contributed by atoms with E-state index in [9.17, 15) is 23.1 Å². The first-order chi connectivity index (χ1) is 16.7. The Kier molecular flexibility index (Phi) is 6.64. The van der Waals surface area contributed by atoms with E-state index in [1.807, 2.05) is 6.92 Å². The van der Waals surface area contributed by atoms with E-state index in [0.29, 0.717) is 10.3 Å². The average Bonchev–Trinajstić information content (AvgIpc) is 3.45. The fourth-order valence-corrected chi connectivity index (χ4v) is 6.37. The summed E-state index contributed by atoms with van der Waals surface area (Å²) in [4.78, 5) is 26.1. The zero-order chi connectivity index (χ0) is 25.3. The molecule has 0 saturated carbocycles. The Morgan fingerprint density at radius 2 is 1.71 bits per heavy atom. The van der Waals surface area contributed by atoms with Gasteiger partial charge in [-0.05, 0) is 56.0 Å². The predicted octanol–water partition coefficient (Wildman–Crippen LogP) is 5.44. The van der Waals surface area contributed by atoms with Gasteiger partial charge in [-0.15, -0.1) is 11.3 Å². The molecule has 0 bridgehead atoms. The summed E-state index contributed by atoms with van der Waals surface area (Å²) in [5, 5.41) is 12.2. The first-order valence-electron chi connectivity index (χ1n) is 10.8. The van der Waals surface area contributed by atoms with Gasteiger partial charge in [-0.25, -0.2) is 22.0 Å². The number of rotatable bonds is 7. The van der Waals surface area contributed by atoms with Crippen molar-refractivity contribution < 1.29 is 27.9 Å². The molecule has 2 heterocycles. The number of nitrogens with zero attached hydrogens (tertiary/aromatic N) is 1. The molecular formula is C26H23NO6S2. The van der Waals surface area contributed by atoms with Gasteiger partial charge in [0.05, 0.1) is 22.6 Å². The number of benzene rings is 2. The summed E-state index contributed by atoms with van der Waals surface area (Å²) in [6.45, 7) is 5.06. The van der Waals surface area contributed by atoms with Crippen molar-refractivity contribution in [1.29, 1.82) is 0 Å². The van der Waals surface area contributed by atoms with Crippen molar-refractivity contribution in [3.8, 4) is 0 Å². The van der Waals surface area contributed by atoms with Gasteiger partial charge in [0.2, 0.25) is 0 Å². The van der Waals surface area contributed by atoms with Crippen LogP contribution in [0, 0.1) is 6.92 Å². The molecule has 0 spiro atoms. The molecule has 0 saturated heterocycles. The summed E-state index contributed by atoms with van der Waals surface area (Å²) in [6, 6.07) is 16.3. The largest absolute Gasteiger partial charge is 0.478 e.